The summed E-state index contributed by atoms with van der Waals surface area (Å²) in [4.78, 5) is 11.1. The van der Waals surface area contributed by atoms with Crippen LogP contribution in [0.4, 0.5) is 0 Å². The molecule has 1 aromatic heterocycles. The van der Waals surface area contributed by atoms with Crippen LogP contribution in [0.15, 0.2) is 24.5 Å². The predicted molar refractivity (Wildman–Crippen MR) is 57.8 cm³/mol. The van der Waals surface area contributed by atoms with Gasteiger partial charge in [0.15, 0.2) is 0 Å². The summed E-state index contributed by atoms with van der Waals surface area (Å²) < 4.78 is 0. The second kappa shape index (κ2) is 5.21. The molecule has 4 nitrogen and oxygen atoms in total. The first kappa shape index (κ1) is 10.5. The molecule has 82 valence electrons. The van der Waals surface area contributed by atoms with Gasteiger partial charge in [-0.25, -0.2) is 5.90 Å². The van der Waals surface area contributed by atoms with Crippen molar-refractivity contribution in [1.29, 1.82) is 0 Å². The topological polar surface area (TPSA) is 51.4 Å². The van der Waals surface area contributed by atoms with E-state index in [-0.39, 0.29) is 0 Å². The van der Waals surface area contributed by atoms with Gasteiger partial charge in [-0.1, -0.05) is 0 Å². The fourth-order valence-electron chi connectivity index (χ4n) is 2.07. The lowest BCUT2D eigenvalue weighted by atomic mass is 10.1. The lowest BCUT2D eigenvalue weighted by Crippen LogP contribution is -2.22. The fourth-order valence-corrected chi connectivity index (χ4v) is 2.07. The molecule has 1 aliphatic heterocycles. The molecule has 1 aromatic rings. The first-order valence-corrected chi connectivity index (χ1v) is 5.31. The summed E-state index contributed by atoms with van der Waals surface area (Å²) in [6.07, 6.45) is 4.86. The number of likely N-dealkylation sites (tertiary alicyclic amines) is 1. The minimum atomic E-state index is 0.594. The highest BCUT2D eigenvalue weighted by molar-refractivity contribution is 5.09. The summed E-state index contributed by atoms with van der Waals surface area (Å²) in [5, 5.41) is 0. The Bertz CT molecular complexity index is 291. The van der Waals surface area contributed by atoms with Gasteiger partial charge in [-0.2, -0.15) is 0 Å². The van der Waals surface area contributed by atoms with Crippen molar-refractivity contribution < 1.29 is 4.84 Å². The van der Waals surface area contributed by atoms with Gasteiger partial charge < -0.3 is 4.84 Å². The van der Waals surface area contributed by atoms with Gasteiger partial charge in [0.2, 0.25) is 0 Å². The molecule has 2 rings (SSSR count). The van der Waals surface area contributed by atoms with E-state index in [1.165, 1.54) is 12.0 Å². The van der Waals surface area contributed by atoms with Gasteiger partial charge in [-0.15, -0.1) is 0 Å². The maximum atomic E-state index is 5.08. The Morgan fingerprint density at radius 2 is 2.27 bits per heavy atom. The summed E-state index contributed by atoms with van der Waals surface area (Å²) in [7, 11) is 0. The molecule has 0 aliphatic carbocycles. The molecule has 0 saturated carbocycles. The summed E-state index contributed by atoms with van der Waals surface area (Å²) in [6.45, 7) is 3.90. The molecule has 1 saturated heterocycles. The van der Waals surface area contributed by atoms with Gasteiger partial charge in [0.25, 0.3) is 0 Å². The van der Waals surface area contributed by atoms with E-state index in [1.54, 1.807) is 0 Å². The molecule has 1 aliphatic rings. The SMILES string of the molecule is NOCC1CCN(Cc2ccncc2)C1. The first-order valence-electron chi connectivity index (χ1n) is 5.31. The Morgan fingerprint density at radius 1 is 1.47 bits per heavy atom. The smallest absolute Gasteiger partial charge is 0.0720 e. The maximum Gasteiger partial charge on any atom is 0.0720 e. The molecule has 2 heterocycles. The first-order chi connectivity index (χ1) is 7.38. The maximum absolute atomic E-state index is 5.08. The molecule has 1 unspecified atom stereocenters. The van der Waals surface area contributed by atoms with Crippen molar-refractivity contribution in [2.24, 2.45) is 11.8 Å². The van der Waals surface area contributed by atoms with Crippen LogP contribution in [-0.2, 0) is 11.4 Å². The number of nitrogens with two attached hydrogens (primary N) is 1. The summed E-state index contributed by atoms with van der Waals surface area (Å²) >= 11 is 0. The van der Waals surface area contributed by atoms with Crippen LogP contribution in [0.3, 0.4) is 0 Å². The Hall–Kier alpha value is -0.970. The van der Waals surface area contributed by atoms with Crippen LogP contribution in [0.1, 0.15) is 12.0 Å². The van der Waals surface area contributed by atoms with Crippen molar-refractivity contribution in [1.82, 2.24) is 9.88 Å². The van der Waals surface area contributed by atoms with Crippen LogP contribution in [0.25, 0.3) is 0 Å². The third-order valence-electron chi connectivity index (χ3n) is 2.86. The zero-order chi connectivity index (χ0) is 10.5. The second-order valence-electron chi connectivity index (χ2n) is 4.08. The van der Waals surface area contributed by atoms with Gasteiger partial charge >= 0.3 is 0 Å². The second-order valence-corrected chi connectivity index (χ2v) is 4.08. The average molecular weight is 207 g/mol. The Kier molecular flexibility index (Phi) is 3.66. The van der Waals surface area contributed by atoms with Gasteiger partial charge in [0.1, 0.15) is 0 Å². The van der Waals surface area contributed by atoms with Crippen molar-refractivity contribution in [2.75, 3.05) is 19.7 Å². The molecule has 15 heavy (non-hydrogen) atoms. The summed E-state index contributed by atoms with van der Waals surface area (Å²) in [6, 6.07) is 4.12. The molecule has 0 amide bonds. The molecule has 2 N–H and O–H groups in total. The molecule has 0 bridgehead atoms. The fraction of sp³-hybridized carbons (Fsp3) is 0.545. The highest BCUT2D eigenvalue weighted by atomic mass is 16.6. The van der Waals surface area contributed by atoms with Crippen molar-refractivity contribution in [2.45, 2.75) is 13.0 Å². The molecule has 0 radical (unpaired) electrons. The quantitative estimate of drug-likeness (QED) is 0.742. The van der Waals surface area contributed by atoms with Gasteiger partial charge in [-0.05, 0) is 36.6 Å². The predicted octanol–water partition coefficient (Wildman–Crippen LogP) is 0.794. The van der Waals surface area contributed by atoms with Gasteiger partial charge in [-0.3, -0.25) is 9.88 Å². The van der Waals surface area contributed by atoms with Crippen molar-refractivity contribution in [3.05, 3.63) is 30.1 Å². The molecule has 0 spiro atoms. The van der Waals surface area contributed by atoms with Crippen LogP contribution in [0, 0.1) is 5.92 Å². The molecule has 0 aromatic carbocycles. The van der Waals surface area contributed by atoms with E-state index in [0.29, 0.717) is 12.5 Å². The Labute approximate surface area is 90.0 Å². The van der Waals surface area contributed by atoms with Crippen LogP contribution in [-0.4, -0.2) is 29.6 Å². The minimum absolute atomic E-state index is 0.594. The number of hydrogen-bond acceptors (Lipinski definition) is 4. The van der Waals surface area contributed by atoms with E-state index in [2.05, 4.69) is 26.9 Å². The number of hydrogen-bond donors (Lipinski definition) is 1. The van der Waals surface area contributed by atoms with Crippen LogP contribution >= 0.6 is 0 Å². The van der Waals surface area contributed by atoms with Crippen LogP contribution in [0.2, 0.25) is 0 Å². The number of nitrogens with zero attached hydrogens (tertiary/aromatic N) is 2. The zero-order valence-corrected chi connectivity index (χ0v) is 8.80. The van der Waals surface area contributed by atoms with E-state index in [1.807, 2.05) is 12.4 Å². The van der Waals surface area contributed by atoms with Gasteiger partial charge in [0.05, 0.1) is 6.61 Å². The van der Waals surface area contributed by atoms with Crippen molar-refractivity contribution in [3.63, 3.8) is 0 Å². The Balaban J connectivity index is 1.82. The van der Waals surface area contributed by atoms with E-state index in [0.717, 1.165) is 19.6 Å². The highest BCUT2D eigenvalue weighted by Gasteiger charge is 2.22. The lowest BCUT2D eigenvalue weighted by molar-refractivity contribution is 0.103. The highest BCUT2D eigenvalue weighted by Crippen LogP contribution is 2.18. The van der Waals surface area contributed by atoms with Crippen molar-refractivity contribution in [3.8, 4) is 0 Å². The summed E-state index contributed by atoms with van der Waals surface area (Å²) in [5.41, 5.74) is 1.32. The third kappa shape index (κ3) is 2.99. The number of aromatic nitrogens is 1. The lowest BCUT2D eigenvalue weighted by Gasteiger charge is -2.15. The summed E-state index contributed by atoms with van der Waals surface area (Å²) in [5.74, 6) is 5.67. The Morgan fingerprint density at radius 3 is 3.00 bits per heavy atom. The number of pyridine rings is 1. The average Bonchev–Trinajstić information content (AvgIpc) is 2.68. The molecular weight excluding hydrogens is 190 g/mol. The normalized spacial score (nSPS) is 22.1. The standard InChI is InChI=1S/C11H17N3O/c12-15-9-11-3-6-14(8-11)7-10-1-4-13-5-2-10/h1-2,4-5,11H,3,6-9,12H2. The minimum Gasteiger partial charge on any atom is -0.304 e. The third-order valence-corrected chi connectivity index (χ3v) is 2.86. The van der Waals surface area contributed by atoms with Gasteiger partial charge in [0, 0.05) is 25.5 Å². The number of rotatable bonds is 4. The largest absolute Gasteiger partial charge is 0.304 e. The van der Waals surface area contributed by atoms with Crippen LogP contribution < -0.4 is 5.90 Å². The van der Waals surface area contributed by atoms with E-state index in [9.17, 15) is 0 Å². The molecule has 1 fully saturated rings. The van der Waals surface area contributed by atoms with E-state index in [4.69, 9.17) is 5.90 Å². The van der Waals surface area contributed by atoms with Crippen molar-refractivity contribution >= 4 is 0 Å². The van der Waals surface area contributed by atoms with E-state index < -0.39 is 0 Å². The molecule has 1 atom stereocenters. The molecule has 4 heteroatoms. The monoisotopic (exact) mass is 207 g/mol. The van der Waals surface area contributed by atoms with E-state index >= 15 is 0 Å². The van der Waals surface area contributed by atoms with Crippen LogP contribution in [0.5, 0.6) is 0 Å². The zero-order valence-electron chi connectivity index (χ0n) is 8.80. The molecular formula is C11H17N3O.